The van der Waals surface area contributed by atoms with Crippen LogP contribution < -0.4 is 10.5 Å². The number of nitrogen functional groups attached to an aromatic ring is 1. The number of fused-ring (bicyclic) bond motifs is 1. The number of methoxy groups -OCH3 is 1. The van der Waals surface area contributed by atoms with Gasteiger partial charge in [0.2, 0.25) is 5.95 Å². The van der Waals surface area contributed by atoms with Crippen molar-refractivity contribution in [2.45, 2.75) is 13.3 Å². The number of anilines is 1. The molecule has 0 amide bonds. The van der Waals surface area contributed by atoms with Crippen LogP contribution in [0, 0.1) is 6.92 Å². The van der Waals surface area contributed by atoms with Crippen molar-refractivity contribution >= 4 is 27.4 Å². The zero-order valence-electron chi connectivity index (χ0n) is 14.7. The molecule has 5 heteroatoms. The molecule has 0 fully saturated rings. The second-order valence-electron chi connectivity index (χ2n) is 6.18. The van der Waals surface area contributed by atoms with Crippen LogP contribution in [0.4, 0.5) is 5.95 Å². The van der Waals surface area contributed by atoms with Gasteiger partial charge in [0.15, 0.2) is 0 Å². The molecular weight excluding hydrogens is 342 g/mol. The number of aryl methyl sites for hydroxylation is 1. The van der Waals surface area contributed by atoms with Crippen LogP contribution >= 0.6 is 11.3 Å². The Labute approximate surface area is 156 Å². The molecule has 4 aromatic rings. The predicted molar refractivity (Wildman–Crippen MR) is 108 cm³/mol. The van der Waals surface area contributed by atoms with Gasteiger partial charge in [-0.25, -0.2) is 9.97 Å². The topological polar surface area (TPSA) is 61.0 Å². The number of thiophene rings is 1. The van der Waals surface area contributed by atoms with Crippen LogP contribution in [0.1, 0.15) is 16.7 Å². The first kappa shape index (κ1) is 16.5. The molecule has 0 spiro atoms. The van der Waals surface area contributed by atoms with E-state index in [1.54, 1.807) is 24.6 Å². The second-order valence-corrected chi connectivity index (χ2v) is 7.23. The molecule has 2 aromatic heterocycles. The number of para-hydroxylation sites is 1. The van der Waals surface area contributed by atoms with Gasteiger partial charge in [-0.3, -0.25) is 0 Å². The molecule has 0 atom stereocenters. The second kappa shape index (κ2) is 6.77. The van der Waals surface area contributed by atoms with Crippen molar-refractivity contribution in [3.8, 4) is 16.3 Å². The Morgan fingerprint density at radius 2 is 1.96 bits per heavy atom. The molecule has 2 heterocycles. The molecule has 26 heavy (non-hydrogen) atoms. The van der Waals surface area contributed by atoms with E-state index in [1.807, 2.05) is 24.3 Å². The van der Waals surface area contributed by atoms with Crippen LogP contribution in [0.3, 0.4) is 0 Å². The number of rotatable bonds is 4. The first-order chi connectivity index (χ1) is 12.7. The lowest BCUT2D eigenvalue weighted by Gasteiger charge is -2.08. The number of nitrogens with two attached hydrogens (primary N) is 1. The van der Waals surface area contributed by atoms with E-state index in [4.69, 9.17) is 10.5 Å². The summed E-state index contributed by atoms with van der Waals surface area (Å²) in [7, 11) is 1.71. The fourth-order valence-corrected chi connectivity index (χ4v) is 4.35. The highest BCUT2D eigenvalue weighted by atomic mass is 32.1. The van der Waals surface area contributed by atoms with E-state index in [1.165, 1.54) is 26.8 Å². The highest BCUT2D eigenvalue weighted by Crippen LogP contribution is 2.38. The molecule has 0 aliphatic carbocycles. The van der Waals surface area contributed by atoms with E-state index in [-0.39, 0.29) is 0 Å². The maximum Gasteiger partial charge on any atom is 0.220 e. The Balaban J connectivity index is 1.75. The number of benzene rings is 2. The van der Waals surface area contributed by atoms with E-state index in [2.05, 4.69) is 41.2 Å². The van der Waals surface area contributed by atoms with Gasteiger partial charge in [-0.2, -0.15) is 0 Å². The zero-order chi connectivity index (χ0) is 18.1. The maximum absolute atomic E-state index is 5.75. The summed E-state index contributed by atoms with van der Waals surface area (Å²) in [5.74, 6) is 1.23. The van der Waals surface area contributed by atoms with Gasteiger partial charge in [0.25, 0.3) is 0 Å². The summed E-state index contributed by atoms with van der Waals surface area (Å²) in [6.45, 7) is 2.14. The summed E-state index contributed by atoms with van der Waals surface area (Å²) in [4.78, 5) is 9.50. The van der Waals surface area contributed by atoms with Gasteiger partial charge in [-0.1, -0.05) is 24.3 Å². The molecule has 0 saturated heterocycles. The summed E-state index contributed by atoms with van der Waals surface area (Å²) in [6, 6.07) is 16.7. The monoisotopic (exact) mass is 361 g/mol. The largest absolute Gasteiger partial charge is 0.496 e. The Bertz CT molecular complexity index is 1090. The molecule has 2 aromatic carbocycles. The third-order valence-corrected chi connectivity index (χ3v) is 5.79. The lowest BCUT2D eigenvalue weighted by molar-refractivity contribution is 0.410. The quantitative estimate of drug-likeness (QED) is 0.564. The van der Waals surface area contributed by atoms with Crippen molar-refractivity contribution in [3.63, 3.8) is 0 Å². The molecule has 4 rings (SSSR count). The van der Waals surface area contributed by atoms with Crippen molar-refractivity contribution in [3.05, 3.63) is 71.4 Å². The number of nitrogens with zero attached hydrogens (tertiary/aromatic N) is 2. The Hall–Kier alpha value is -2.92. The van der Waals surface area contributed by atoms with Crippen LogP contribution in [0.15, 0.2) is 54.7 Å². The normalized spacial score (nSPS) is 11.0. The van der Waals surface area contributed by atoms with E-state index in [0.29, 0.717) is 5.95 Å². The van der Waals surface area contributed by atoms with Gasteiger partial charge in [-0.05, 0) is 53.3 Å². The van der Waals surface area contributed by atoms with Crippen LogP contribution in [0.2, 0.25) is 0 Å². The van der Waals surface area contributed by atoms with Crippen LogP contribution in [0.25, 0.3) is 20.7 Å². The SMILES string of the molecule is COc1ccccc1Cc1ccc2sc(-c3ccnc(N)n3)c(C)c2c1. The molecule has 2 N–H and O–H groups in total. The van der Waals surface area contributed by atoms with Crippen molar-refractivity contribution < 1.29 is 4.74 Å². The number of ether oxygens (including phenoxy) is 1. The van der Waals surface area contributed by atoms with Crippen molar-refractivity contribution in [1.29, 1.82) is 0 Å². The highest BCUT2D eigenvalue weighted by Gasteiger charge is 2.13. The van der Waals surface area contributed by atoms with Gasteiger partial charge in [0, 0.05) is 17.3 Å². The van der Waals surface area contributed by atoms with Gasteiger partial charge in [0.05, 0.1) is 17.7 Å². The fraction of sp³-hybridized carbons (Fsp3) is 0.143. The van der Waals surface area contributed by atoms with Crippen molar-refractivity contribution in [1.82, 2.24) is 9.97 Å². The molecule has 0 bridgehead atoms. The lowest BCUT2D eigenvalue weighted by atomic mass is 10.0. The molecule has 0 aliphatic heterocycles. The van der Waals surface area contributed by atoms with Crippen LogP contribution in [-0.2, 0) is 6.42 Å². The van der Waals surface area contributed by atoms with Crippen LogP contribution in [0.5, 0.6) is 5.75 Å². The minimum atomic E-state index is 0.302. The number of hydrogen-bond acceptors (Lipinski definition) is 5. The van der Waals surface area contributed by atoms with E-state index in [9.17, 15) is 0 Å². The van der Waals surface area contributed by atoms with Gasteiger partial charge >= 0.3 is 0 Å². The minimum absolute atomic E-state index is 0.302. The van der Waals surface area contributed by atoms with E-state index >= 15 is 0 Å². The number of aromatic nitrogens is 2. The molecule has 0 unspecified atom stereocenters. The Morgan fingerprint density at radius 3 is 2.77 bits per heavy atom. The lowest BCUT2D eigenvalue weighted by Crippen LogP contribution is -1.94. The molecule has 0 saturated carbocycles. The predicted octanol–water partition coefficient (Wildman–Crippen LogP) is 4.85. The van der Waals surface area contributed by atoms with Gasteiger partial charge < -0.3 is 10.5 Å². The van der Waals surface area contributed by atoms with E-state index in [0.717, 1.165) is 22.7 Å². The third-order valence-electron chi connectivity index (χ3n) is 4.49. The summed E-state index contributed by atoms with van der Waals surface area (Å²) >= 11 is 1.74. The highest BCUT2D eigenvalue weighted by molar-refractivity contribution is 7.22. The average Bonchev–Trinajstić information content (AvgIpc) is 2.99. The standard InChI is InChI=1S/C21H19N3OS/c1-13-16-12-14(11-15-5-3-4-6-18(15)25-2)7-8-19(16)26-20(13)17-9-10-23-21(22)24-17/h3-10,12H,11H2,1-2H3,(H2,22,23,24). The Kier molecular flexibility index (Phi) is 4.31. The fourth-order valence-electron chi connectivity index (χ4n) is 3.19. The zero-order valence-corrected chi connectivity index (χ0v) is 15.5. The number of hydrogen-bond donors (Lipinski definition) is 1. The minimum Gasteiger partial charge on any atom is -0.496 e. The first-order valence-electron chi connectivity index (χ1n) is 8.38. The summed E-state index contributed by atoms with van der Waals surface area (Å²) < 4.78 is 6.73. The van der Waals surface area contributed by atoms with Gasteiger partial charge in [0.1, 0.15) is 5.75 Å². The van der Waals surface area contributed by atoms with Gasteiger partial charge in [-0.15, -0.1) is 11.3 Å². The summed E-state index contributed by atoms with van der Waals surface area (Å²) in [6.07, 6.45) is 2.54. The van der Waals surface area contributed by atoms with Crippen LogP contribution in [-0.4, -0.2) is 17.1 Å². The average molecular weight is 361 g/mol. The Morgan fingerprint density at radius 1 is 1.12 bits per heavy atom. The molecule has 0 radical (unpaired) electrons. The maximum atomic E-state index is 5.75. The summed E-state index contributed by atoms with van der Waals surface area (Å²) in [5.41, 5.74) is 10.3. The van der Waals surface area contributed by atoms with Crippen molar-refractivity contribution in [2.75, 3.05) is 12.8 Å². The smallest absolute Gasteiger partial charge is 0.220 e. The van der Waals surface area contributed by atoms with E-state index < -0.39 is 0 Å². The van der Waals surface area contributed by atoms with Crippen molar-refractivity contribution in [2.24, 2.45) is 0 Å². The molecule has 130 valence electrons. The summed E-state index contributed by atoms with van der Waals surface area (Å²) in [5, 5.41) is 1.26. The third kappa shape index (κ3) is 3.02. The molecule has 0 aliphatic rings. The molecular formula is C21H19N3OS. The molecule has 4 nitrogen and oxygen atoms in total. The first-order valence-corrected chi connectivity index (χ1v) is 9.20.